The molecule has 0 radical (unpaired) electrons. The lowest BCUT2D eigenvalue weighted by atomic mass is 10.2. The van der Waals surface area contributed by atoms with Gasteiger partial charge < -0.3 is 4.57 Å². The average Bonchev–Trinajstić information content (AvgIpc) is 2.91. The Hall–Kier alpha value is -1.84. The molecule has 1 aromatic carbocycles. The predicted octanol–water partition coefficient (Wildman–Crippen LogP) is 3.34. The van der Waals surface area contributed by atoms with Crippen molar-refractivity contribution in [1.82, 2.24) is 19.7 Å². The molecule has 2 rings (SSSR count). The average molecular weight is 329 g/mol. The van der Waals surface area contributed by atoms with E-state index in [9.17, 15) is 0 Å². The summed E-state index contributed by atoms with van der Waals surface area (Å²) in [5.74, 6) is 0.953. The first-order valence-electron chi connectivity index (χ1n) is 7.76. The Morgan fingerprint density at radius 3 is 2.52 bits per heavy atom. The van der Waals surface area contributed by atoms with Crippen LogP contribution in [0.25, 0.3) is 0 Å². The standard InChI is InChI=1S/C17H23N5S/c1-5-15(21(3)4)16-19-20-17(23-13(2)11-18)22(16)12-14-9-7-6-8-10-14/h6-10,13,15H,5,12H2,1-4H3/t13-,15+/m0/s1. The molecule has 122 valence electrons. The van der Waals surface area contributed by atoms with Crippen molar-refractivity contribution < 1.29 is 0 Å². The van der Waals surface area contributed by atoms with Gasteiger partial charge in [0.15, 0.2) is 11.0 Å². The number of nitrogens with zero attached hydrogens (tertiary/aromatic N) is 5. The van der Waals surface area contributed by atoms with Crippen LogP contribution in [0.1, 0.15) is 37.7 Å². The molecule has 0 unspecified atom stereocenters. The second-order valence-corrected chi connectivity index (χ2v) is 7.00. The molecular formula is C17H23N5S. The fourth-order valence-corrected chi connectivity index (χ4v) is 3.25. The molecule has 0 aliphatic carbocycles. The van der Waals surface area contributed by atoms with E-state index in [1.807, 2.05) is 25.1 Å². The lowest BCUT2D eigenvalue weighted by Crippen LogP contribution is -2.23. The molecule has 2 aromatic rings. The summed E-state index contributed by atoms with van der Waals surface area (Å²) in [6, 6.07) is 12.7. The summed E-state index contributed by atoms with van der Waals surface area (Å²) < 4.78 is 2.14. The number of hydrogen-bond donors (Lipinski definition) is 0. The Balaban J connectivity index is 2.40. The summed E-state index contributed by atoms with van der Waals surface area (Å²) >= 11 is 1.46. The first kappa shape index (κ1) is 17.5. The van der Waals surface area contributed by atoms with E-state index in [1.165, 1.54) is 17.3 Å². The quantitative estimate of drug-likeness (QED) is 0.729. The van der Waals surface area contributed by atoms with Gasteiger partial charge >= 0.3 is 0 Å². The second kappa shape index (κ2) is 8.14. The second-order valence-electron chi connectivity index (χ2n) is 5.69. The molecule has 0 N–H and O–H groups in total. The summed E-state index contributed by atoms with van der Waals surface area (Å²) in [5.41, 5.74) is 1.20. The fourth-order valence-electron chi connectivity index (χ4n) is 2.51. The number of benzene rings is 1. The van der Waals surface area contributed by atoms with Crippen molar-refractivity contribution in [1.29, 1.82) is 5.26 Å². The lowest BCUT2D eigenvalue weighted by Gasteiger charge is -2.23. The van der Waals surface area contributed by atoms with Gasteiger partial charge in [-0.1, -0.05) is 49.0 Å². The third-order valence-electron chi connectivity index (χ3n) is 3.70. The van der Waals surface area contributed by atoms with Crippen LogP contribution < -0.4 is 0 Å². The number of nitriles is 1. The van der Waals surface area contributed by atoms with E-state index in [0.29, 0.717) is 6.54 Å². The molecule has 1 heterocycles. The van der Waals surface area contributed by atoms with Crippen molar-refractivity contribution >= 4 is 11.8 Å². The van der Waals surface area contributed by atoms with Crippen molar-refractivity contribution in [3.8, 4) is 6.07 Å². The van der Waals surface area contributed by atoms with Crippen LogP contribution in [0.3, 0.4) is 0 Å². The first-order chi connectivity index (χ1) is 11.1. The zero-order chi connectivity index (χ0) is 16.8. The highest BCUT2D eigenvalue weighted by Crippen LogP contribution is 2.28. The molecule has 2 atom stereocenters. The summed E-state index contributed by atoms with van der Waals surface area (Å²) in [5, 5.41) is 18.5. The van der Waals surface area contributed by atoms with Crippen molar-refractivity contribution in [3.05, 3.63) is 41.7 Å². The maximum absolute atomic E-state index is 9.09. The zero-order valence-electron chi connectivity index (χ0n) is 14.1. The Morgan fingerprint density at radius 2 is 1.96 bits per heavy atom. The third kappa shape index (κ3) is 4.34. The van der Waals surface area contributed by atoms with Crippen molar-refractivity contribution in [2.24, 2.45) is 0 Å². The van der Waals surface area contributed by atoms with Crippen LogP contribution in [0.2, 0.25) is 0 Å². The van der Waals surface area contributed by atoms with Gasteiger partial charge in [0.05, 0.1) is 23.9 Å². The summed E-state index contributed by atoms with van der Waals surface area (Å²) in [6.45, 7) is 4.75. The van der Waals surface area contributed by atoms with Crippen LogP contribution in [-0.2, 0) is 6.54 Å². The summed E-state index contributed by atoms with van der Waals surface area (Å²) in [4.78, 5) is 2.16. The van der Waals surface area contributed by atoms with E-state index >= 15 is 0 Å². The van der Waals surface area contributed by atoms with Gasteiger partial charge in [0.2, 0.25) is 0 Å². The highest BCUT2D eigenvalue weighted by molar-refractivity contribution is 8.00. The summed E-state index contributed by atoms with van der Waals surface area (Å²) in [7, 11) is 4.11. The molecule has 0 bridgehead atoms. The van der Waals surface area contributed by atoms with E-state index in [4.69, 9.17) is 5.26 Å². The van der Waals surface area contributed by atoms with Crippen LogP contribution in [-0.4, -0.2) is 39.0 Å². The van der Waals surface area contributed by atoms with Gasteiger partial charge in [-0.15, -0.1) is 10.2 Å². The third-order valence-corrected chi connectivity index (χ3v) is 4.67. The number of hydrogen-bond acceptors (Lipinski definition) is 5. The molecule has 23 heavy (non-hydrogen) atoms. The highest BCUT2D eigenvalue weighted by Gasteiger charge is 2.23. The minimum absolute atomic E-state index is 0.152. The van der Waals surface area contributed by atoms with Crippen LogP contribution in [0.5, 0.6) is 0 Å². The molecule has 0 amide bonds. The maximum Gasteiger partial charge on any atom is 0.192 e. The molecule has 0 aliphatic rings. The maximum atomic E-state index is 9.09. The van der Waals surface area contributed by atoms with Crippen molar-refractivity contribution in [2.75, 3.05) is 14.1 Å². The number of thioether (sulfide) groups is 1. The van der Waals surface area contributed by atoms with Crippen molar-refractivity contribution in [2.45, 2.75) is 43.3 Å². The Morgan fingerprint density at radius 1 is 1.26 bits per heavy atom. The Bertz CT molecular complexity index is 659. The molecule has 5 nitrogen and oxygen atoms in total. The lowest BCUT2D eigenvalue weighted by molar-refractivity contribution is 0.272. The molecule has 0 aliphatic heterocycles. The summed E-state index contributed by atoms with van der Waals surface area (Å²) in [6.07, 6.45) is 0.957. The van der Waals surface area contributed by atoms with Crippen LogP contribution in [0, 0.1) is 11.3 Å². The smallest absolute Gasteiger partial charge is 0.192 e. The van der Waals surface area contributed by atoms with E-state index < -0.39 is 0 Å². The SMILES string of the molecule is CC[C@H](c1nnc(S[C@@H](C)C#N)n1Cc1ccccc1)N(C)C. The van der Waals surface area contributed by atoms with E-state index in [2.05, 4.69) is 58.9 Å². The van der Waals surface area contributed by atoms with E-state index in [0.717, 1.165) is 17.4 Å². The highest BCUT2D eigenvalue weighted by atomic mass is 32.2. The molecule has 1 aromatic heterocycles. The van der Waals surface area contributed by atoms with Gasteiger partial charge in [-0.2, -0.15) is 5.26 Å². The van der Waals surface area contributed by atoms with Gasteiger partial charge in [0, 0.05) is 0 Å². The Kier molecular flexibility index (Phi) is 6.20. The molecule has 0 spiro atoms. The molecule has 0 fully saturated rings. The Labute approximate surface area is 142 Å². The van der Waals surface area contributed by atoms with Gasteiger partial charge in [-0.3, -0.25) is 4.90 Å². The normalized spacial score (nSPS) is 13.7. The fraction of sp³-hybridized carbons (Fsp3) is 0.471. The van der Waals surface area contributed by atoms with Crippen molar-refractivity contribution in [3.63, 3.8) is 0 Å². The monoisotopic (exact) mass is 329 g/mol. The van der Waals surface area contributed by atoms with Gasteiger partial charge in [0.25, 0.3) is 0 Å². The largest absolute Gasteiger partial charge is 0.300 e. The molecule has 6 heteroatoms. The number of rotatable bonds is 7. The number of aromatic nitrogens is 3. The molecular weight excluding hydrogens is 306 g/mol. The predicted molar refractivity (Wildman–Crippen MR) is 93.2 cm³/mol. The minimum atomic E-state index is -0.152. The molecule has 0 saturated carbocycles. The van der Waals surface area contributed by atoms with E-state index in [1.54, 1.807) is 0 Å². The van der Waals surface area contributed by atoms with Crippen LogP contribution >= 0.6 is 11.8 Å². The van der Waals surface area contributed by atoms with Crippen LogP contribution in [0.4, 0.5) is 0 Å². The van der Waals surface area contributed by atoms with Gasteiger partial charge in [-0.25, -0.2) is 0 Å². The van der Waals surface area contributed by atoms with Gasteiger partial charge in [0.1, 0.15) is 0 Å². The van der Waals surface area contributed by atoms with Gasteiger partial charge in [-0.05, 0) is 33.0 Å². The molecule has 0 saturated heterocycles. The first-order valence-corrected chi connectivity index (χ1v) is 8.64. The zero-order valence-corrected chi connectivity index (χ0v) is 14.9. The van der Waals surface area contributed by atoms with Crippen LogP contribution in [0.15, 0.2) is 35.5 Å². The topological polar surface area (TPSA) is 57.7 Å². The minimum Gasteiger partial charge on any atom is -0.300 e. The van der Waals surface area contributed by atoms with E-state index in [-0.39, 0.29) is 11.3 Å².